The molecule has 0 unspecified atom stereocenters. The summed E-state index contributed by atoms with van der Waals surface area (Å²) >= 11 is 0. The SMILES string of the molecule is Cc1ccc(=O)n(Cc2ccccc2F)c1. The Balaban J connectivity index is 2.38. The van der Waals surface area contributed by atoms with E-state index in [4.69, 9.17) is 0 Å². The number of aromatic nitrogens is 1. The average Bonchev–Trinajstić information content (AvgIpc) is 2.27. The molecule has 2 nitrogen and oxygen atoms in total. The molecular formula is C13H12FNO. The minimum Gasteiger partial charge on any atom is -0.311 e. The minimum absolute atomic E-state index is 0.117. The predicted molar refractivity (Wildman–Crippen MR) is 60.9 cm³/mol. The Morgan fingerprint density at radius 2 is 1.94 bits per heavy atom. The minimum atomic E-state index is -0.282. The molecule has 0 aliphatic rings. The van der Waals surface area contributed by atoms with E-state index in [9.17, 15) is 9.18 Å². The first-order valence-electron chi connectivity index (χ1n) is 5.07. The van der Waals surface area contributed by atoms with Crippen LogP contribution < -0.4 is 5.56 Å². The second-order valence-electron chi connectivity index (χ2n) is 3.76. The Labute approximate surface area is 93.0 Å². The average molecular weight is 217 g/mol. The van der Waals surface area contributed by atoms with Crippen molar-refractivity contribution in [3.05, 3.63) is 69.9 Å². The highest BCUT2D eigenvalue weighted by atomic mass is 19.1. The van der Waals surface area contributed by atoms with Gasteiger partial charge in [0.1, 0.15) is 5.82 Å². The van der Waals surface area contributed by atoms with Crippen LogP contribution in [0.4, 0.5) is 4.39 Å². The molecular weight excluding hydrogens is 205 g/mol. The van der Waals surface area contributed by atoms with Crippen LogP contribution in [0.1, 0.15) is 11.1 Å². The summed E-state index contributed by atoms with van der Waals surface area (Å²) in [4.78, 5) is 11.5. The molecule has 3 heteroatoms. The van der Waals surface area contributed by atoms with Crippen molar-refractivity contribution in [2.45, 2.75) is 13.5 Å². The van der Waals surface area contributed by atoms with Crippen LogP contribution >= 0.6 is 0 Å². The Hall–Kier alpha value is -1.90. The summed E-state index contributed by atoms with van der Waals surface area (Å²) in [5.74, 6) is -0.282. The van der Waals surface area contributed by atoms with Gasteiger partial charge in [-0.25, -0.2) is 4.39 Å². The lowest BCUT2D eigenvalue weighted by Gasteiger charge is -2.07. The zero-order valence-electron chi connectivity index (χ0n) is 8.98. The van der Waals surface area contributed by atoms with Gasteiger partial charge in [-0.05, 0) is 18.6 Å². The van der Waals surface area contributed by atoms with Crippen molar-refractivity contribution in [3.63, 3.8) is 0 Å². The number of rotatable bonds is 2. The van der Waals surface area contributed by atoms with E-state index in [1.165, 1.54) is 16.7 Å². The van der Waals surface area contributed by atoms with Crippen molar-refractivity contribution in [1.29, 1.82) is 0 Å². The summed E-state index contributed by atoms with van der Waals surface area (Å²) in [6, 6.07) is 9.73. The Morgan fingerprint density at radius 1 is 1.19 bits per heavy atom. The van der Waals surface area contributed by atoms with Gasteiger partial charge in [-0.3, -0.25) is 4.79 Å². The number of benzene rings is 1. The van der Waals surface area contributed by atoms with Gasteiger partial charge >= 0.3 is 0 Å². The quantitative estimate of drug-likeness (QED) is 0.756. The van der Waals surface area contributed by atoms with Crippen molar-refractivity contribution in [2.24, 2.45) is 0 Å². The molecule has 0 bridgehead atoms. The number of pyridine rings is 1. The van der Waals surface area contributed by atoms with Crippen LogP contribution in [0.5, 0.6) is 0 Å². The summed E-state index contributed by atoms with van der Waals surface area (Å²) in [5.41, 5.74) is 1.39. The van der Waals surface area contributed by atoms with E-state index in [0.29, 0.717) is 5.56 Å². The molecule has 16 heavy (non-hydrogen) atoms. The Kier molecular flexibility index (Phi) is 2.86. The number of aryl methyl sites for hydroxylation is 1. The molecule has 0 fully saturated rings. The predicted octanol–water partition coefficient (Wildman–Crippen LogP) is 2.34. The molecule has 82 valence electrons. The highest BCUT2D eigenvalue weighted by Crippen LogP contribution is 2.07. The van der Waals surface area contributed by atoms with Crippen LogP contribution in [-0.4, -0.2) is 4.57 Å². The molecule has 0 aliphatic carbocycles. The van der Waals surface area contributed by atoms with Crippen molar-refractivity contribution < 1.29 is 4.39 Å². The van der Waals surface area contributed by atoms with Gasteiger partial charge in [0.15, 0.2) is 0 Å². The second kappa shape index (κ2) is 4.31. The van der Waals surface area contributed by atoms with Gasteiger partial charge in [-0.2, -0.15) is 0 Å². The van der Waals surface area contributed by atoms with Gasteiger partial charge in [0.2, 0.25) is 0 Å². The van der Waals surface area contributed by atoms with Crippen LogP contribution in [0.3, 0.4) is 0 Å². The van der Waals surface area contributed by atoms with Crippen LogP contribution in [0.15, 0.2) is 47.4 Å². The van der Waals surface area contributed by atoms with Crippen molar-refractivity contribution in [3.8, 4) is 0 Å². The van der Waals surface area contributed by atoms with Crippen molar-refractivity contribution in [2.75, 3.05) is 0 Å². The maximum atomic E-state index is 13.4. The lowest BCUT2D eigenvalue weighted by Crippen LogP contribution is -2.19. The smallest absolute Gasteiger partial charge is 0.250 e. The zero-order valence-corrected chi connectivity index (χ0v) is 8.98. The fourth-order valence-electron chi connectivity index (χ4n) is 1.58. The molecule has 0 spiro atoms. The summed E-state index contributed by atoms with van der Waals surface area (Å²) in [5, 5.41) is 0. The highest BCUT2D eigenvalue weighted by Gasteiger charge is 2.02. The third-order valence-corrected chi connectivity index (χ3v) is 2.43. The number of hydrogen-bond acceptors (Lipinski definition) is 1. The van der Waals surface area contributed by atoms with Crippen LogP contribution in [0, 0.1) is 12.7 Å². The maximum absolute atomic E-state index is 13.4. The van der Waals surface area contributed by atoms with Gasteiger partial charge in [0.25, 0.3) is 5.56 Å². The summed E-state index contributed by atoms with van der Waals surface area (Å²) in [6.45, 7) is 2.17. The largest absolute Gasteiger partial charge is 0.311 e. The van der Waals surface area contributed by atoms with Crippen LogP contribution in [0.25, 0.3) is 0 Å². The first-order valence-corrected chi connectivity index (χ1v) is 5.07. The van der Waals surface area contributed by atoms with E-state index in [2.05, 4.69) is 0 Å². The van der Waals surface area contributed by atoms with E-state index >= 15 is 0 Å². The van der Waals surface area contributed by atoms with Gasteiger partial charge in [0, 0.05) is 17.8 Å². The molecule has 1 aromatic heterocycles. The third-order valence-electron chi connectivity index (χ3n) is 2.43. The lowest BCUT2D eigenvalue weighted by atomic mass is 10.2. The Morgan fingerprint density at radius 3 is 2.69 bits per heavy atom. The molecule has 1 aromatic carbocycles. The zero-order chi connectivity index (χ0) is 11.5. The van der Waals surface area contributed by atoms with Crippen molar-refractivity contribution >= 4 is 0 Å². The van der Waals surface area contributed by atoms with Crippen LogP contribution in [-0.2, 0) is 6.54 Å². The van der Waals surface area contributed by atoms with E-state index in [1.807, 2.05) is 6.92 Å². The molecule has 0 N–H and O–H groups in total. The third kappa shape index (κ3) is 2.19. The molecule has 2 aromatic rings. The van der Waals surface area contributed by atoms with E-state index in [1.54, 1.807) is 30.5 Å². The summed E-state index contributed by atoms with van der Waals surface area (Å²) in [7, 11) is 0. The normalized spacial score (nSPS) is 10.4. The van der Waals surface area contributed by atoms with E-state index in [-0.39, 0.29) is 17.9 Å². The standard InChI is InChI=1S/C13H12FNO/c1-10-6-7-13(16)15(8-10)9-11-4-2-3-5-12(11)14/h2-8H,9H2,1H3. The molecule has 0 atom stereocenters. The van der Waals surface area contributed by atoms with Crippen molar-refractivity contribution in [1.82, 2.24) is 4.57 Å². The fraction of sp³-hybridized carbons (Fsp3) is 0.154. The molecule has 0 amide bonds. The monoisotopic (exact) mass is 217 g/mol. The molecule has 2 rings (SSSR count). The van der Waals surface area contributed by atoms with Gasteiger partial charge < -0.3 is 4.57 Å². The summed E-state index contributed by atoms with van der Waals surface area (Å²) < 4.78 is 14.9. The molecule has 0 aliphatic heterocycles. The highest BCUT2D eigenvalue weighted by molar-refractivity contribution is 5.18. The number of nitrogens with zero attached hydrogens (tertiary/aromatic N) is 1. The first-order chi connectivity index (χ1) is 7.66. The first kappa shape index (κ1) is 10.6. The fourth-order valence-corrected chi connectivity index (χ4v) is 1.58. The number of halogens is 1. The maximum Gasteiger partial charge on any atom is 0.250 e. The molecule has 1 heterocycles. The van der Waals surface area contributed by atoms with Gasteiger partial charge in [0.05, 0.1) is 6.54 Å². The molecule has 0 saturated heterocycles. The van der Waals surface area contributed by atoms with E-state index < -0.39 is 0 Å². The summed E-state index contributed by atoms with van der Waals surface area (Å²) in [6.07, 6.45) is 1.73. The second-order valence-corrected chi connectivity index (χ2v) is 3.76. The van der Waals surface area contributed by atoms with Gasteiger partial charge in [-0.1, -0.05) is 24.3 Å². The van der Waals surface area contributed by atoms with E-state index in [0.717, 1.165) is 5.56 Å². The lowest BCUT2D eigenvalue weighted by molar-refractivity contribution is 0.596. The van der Waals surface area contributed by atoms with Crippen LogP contribution in [0.2, 0.25) is 0 Å². The number of hydrogen-bond donors (Lipinski definition) is 0. The molecule has 0 saturated carbocycles. The Bertz CT molecular complexity index is 560. The van der Waals surface area contributed by atoms with Gasteiger partial charge in [-0.15, -0.1) is 0 Å². The topological polar surface area (TPSA) is 22.0 Å². The molecule has 0 radical (unpaired) electrons.